The molecule has 1 aromatic carbocycles. The number of nitrogens with two attached hydrogens (primary N) is 1. The molecule has 27 heavy (non-hydrogen) atoms. The maximum Gasteiger partial charge on any atom is 0.333 e. The van der Waals surface area contributed by atoms with Gasteiger partial charge in [-0.05, 0) is 25.1 Å². The van der Waals surface area contributed by atoms with Crippen molar-refractivity contribution in [3.8, 4) is 0 Å². The first-order valence-electron chi connectivity index (χ1n) is 7.70. The zero-order valence-electron chi connectivity index (χ0n) is 14.5. The van der Waals surface area contributed by atoms with Crippen LogP contribution in [-0.2, 0) is 10.3 Å². The maximum absolute atomic E-state index is 14.5. The van der Waals surface area contributed by atoms with Gasteiger partial charge in [0.15, 0.2) is 5.82 Å². The topological polar surface area (TPSA) is 68.7 Å². The molecule has 0 bridgehead atoms. The molecule has 0 saturated carbocycles. The lowest BCUT2D eigenvalue weighted by atomic mass is 9.91. The molecule has 0 fully saturated rings. The summed E-state index contributed by atoms with van der Waals surface area (Å²) in [6.45, 7) is -0.746. The first-order valence-corrected chi connectivity index (χ1v) is 8.07. The average Bonchev–Trinajstić information content (AvgIpc) is 2.96. The lowest BCUT2D eigenvalue weighted by molar-refractivity contribution is 0.0568. The number of nitrogens with zero attached hydrogens (tertiary/aromatic N) is 4. The van der Waals surface area contributed by atoms with Crippen molar-refractivity contribution in [3.63, 3.8) is 0 Å². The highest BCUT2D eigenvalue weighted by atomic mass is 35.5. The molecule has 1 aliphatic rings. The Balaban J connectivity index is 0.00000261. The fourth-order valence-corrected chi connectivity index (χ4v) is 3.08. The van der Waals surface area contributed by atoms with Gasteiger partial charge in [-0.3, -0.25) is 4.99 Å². The Hall–Kier alpha value is -1.97. The number of aliphatic imine (C=N–C) groups is 1. The number of halogens is 5. The van der Waals surface area contributed by atoms with Crippen LogP contribution in [-0.4, -0.2) is 35.9 Å². The highest BCUT2D eigenvalue weighted by Crippen LogP contribution is 2.36. The molecule has 0 saturated heterocycles. The Bertz CT molecular complexity index is 861. The van der Waals surface area contributed by atoms with E-state index < -0.39 is 17.9 Å². The van der Waals surface area contributed by atoms with Gasteiger partial charge in [0.05, 0.1) is 12.8 Å². The van der Waals surface area contributed by atoms with E-state index >= 15 is 0 Å². The minimum absolute atomic E-state index is 0. The highest BCUT2D eigenvalue weighted by Gasteiger charge is 2.33. The molecular formula is C16H18Cl2F3N5O. The predicted octanol–water partition coefficient (Wildman–Crippen LogP) is 3.86. The van der Waals surface area contributed by atoms with Gasteiger partial charge in [-0.25, -0.2) is 9.07 Å². The van der Waals surface area contributed by atoms with Crippen LogP contribution >= 0.6 is 24.0 Å². The Labute approximate surface area is 165 Å². The van der Waals surface area contributed by atoms with E-state index in [0.717, 1.165) is 6.20 Å². The SMILES string of the molecule is CN(c1ccc(F)c([C@]2(C)COCC(N)=N2)c1)c1nn(C(F)F)cc1Cl.Cl. The van der Waals surface area contributed by atoms with E-state index in [1.165, 1.54) is 17.0 Å². The van der Waals surface area contributed by atoms with Crippen molar-refractivity contribution < 1.29 is 17.9 Å². The van der Waals surface area contributed by atoms with E-state index in [1.54, 1.807) is 20.0 Å². The molecule has 0 unspecified atom stereocenters. The number of hydrogen-bond acceptors (Lipinski definition) is 5. The highest BCUT2D eigenvalue weighted by molar-refractivity contribution is 6.33. The van der Waals surface area contributed by atoms with E-state index in [1.807, 2.05) is 0 Å². The van der Waals surface area contributed by atoms with Crippen LogP contribution in [0.5, 0.6) is 0 Å². The molecule has 1 aliphatic heterocycles. The quantitative estimate of drug-likeness (QED) is 0.810. The molecule has 148 valence electrons. The summed E-state index contributed by atoms with van der Waals surface area (Å²) in [5.41, 5.74) is 5.51. The van der Waals surface area contributed by atoms with Crippen LogP contribution in [0.25, 0.3) is 0 Å². The molecule has 6 nitrogen and oxygen atoms in total. The van der Waals surface area contributed by atoms with Gasteiger partial charge in [0.2, 0.25) is 0 Å². The second kappa shape index (κ2) is 7.95. The molecule has 0 amide bonds. The summed E-state index contributed by atoms with van der Waals surface area (Å²) in [5, 5.41) is 3.82. The fraction of sp³-hybridized carbons (Fsp3) is 0.375. The van der Waals surface area contributed by atoms with Crippen LogP contribution in [0.1, 0.15) is 19.0 Å². The van der Waals surface area contributed by atoms with E-state index in [2.05, 4.69) is 10.1 Å². The van der Waals surface area contributed by atoms with Crippen molar-refractivity contribution in [2.75, 3.05) is 25.2 Å². The first-order chi connectivity index (χ1) is 12.2. The minimum atomic E-state index is -2.81. The molecule has 11 heteroatoms. The third-order valence-corrected chi connectivity index (χ3v) is 4.39. The number of hydrogen-bond donors (Lipinski definition) is 1. The second-order valence-electron chi connectivity index (χ2n) is 6.15. The third kappa shape index (κ3) is 4.15. The average molecular weight is 424 g/mol. The van der Waals surface area contributed by atoms with E-state index in [-0.39, 0.29) is 47.9 Å². The molecular weight excluding hydrogens is 406 g/mol. The summed E-state index contributed by atoms with van der Waals surface area (Å²) in [4.78, 5) is 5.82. The Morgan fingerprint density at radius 2 is 2.11 bits per heavy atom. The van der Waals surface area contributed by atoms with Gasteiger partial charge >= 0.3 is 6.55 Å². The van der Waals surface area contributed by atoms with Gasteiger partial charge in [-0.2, -0.15) is 8.78 Å². The Morgan fingerprint density at radius 1 is 1.41 bits per heavy atom. The van der Waals surface area contributed by atoms with Crippen LogP contribution in [0.3, 0.4) is 0 Å². The van der Waals surface area contributed by atoms with Gasteiger partial charge < -0.3 is 15.4 Å². The van der Waals surface area contributed by atoms with E-state index in [4.69, 9.17) is 22.1 Å². The summed E-state index contributed by atoms with van der Waals surface area (Å²) in [6, 6.07) is 4.32. The van der Waals surface area contributed by atoms with Gasteiger partial charge in [0, 0.05) is 18.3 Å². The minimum Gasteiger partial charge on any atom is -0.386 e. The third-order valence-electron chi connectivity index (χ3n) is 4.13. The van der Waals surface area contributed by atoms with Crippen molar-refractivity contribution in [2.24, 2.45) is 10.7 Å². The number of rotatable bonds is 4. The number of ether oxygens (including phenoxy) is 1. The fourth-order valence-electron chi connectivity index (χ4n) is 2.82. The van der Waals surface area contributed by atoms with Crippen molar-refractivity contribution in [1.82, 2.24) is 9.78 Å². The monoisotopic (exact) mass is 423 g/mol. The van der Waals surface area contributed by atoms with Gasteiger partial charge in [0.1, 0.15) is 28.8 Å². The maximum atomic E-state index is 14.5. The first kappa shape index (κ1) is 21.3. The zero-order valence-corrected chi connectivity index (χ0v) is 16.1. The standard InChI is InChI=1S/C16H17ClF3N5O.ClH/c1-16(8-26-7-13(21)22-16)10-5-9(3-4-12(10)18)24(2)14-11(17)6-25(23-14)15(19)20;/h3-6,15H,7-8H2,1-2H3,(H2,21,22);1H/t16-;/m0./s1. The Morgan fingerprint density at radius 3 is 2.70 bits per heavy atom. The molecule has 2 heterocycles. The largest absolute Gasteiger partial charge is 0.386 e. The molecule has 1 aromatic heterocycles. The molecule has 0 radical (unpaired) electrons. The number of aromatic nitrogens is 2. The predicted molar refractivity (Wildman–Crippen MR) is 100.0 cm³/mol. The summed E-state index contributed by atoms with van der Waals surface area (Å²) >= 11 is 6.01. The van der Waals surface area contributed by atoms with Gasteiger partial charge in [0.25, 0.3) is 0 Å². The summed E-state index contributed by atoms with van der Waals surface area (Å²) in [7, 11) is 1.60. The lowest BCUT2D eigenvalue weighted by Gasteiger charge is -2.31. The number of anilines is 2. The van der Waals surface area contributed by atoms with Crippen molar-refractivity contribution in [1.29, 1.82) is 0 Å². The molecule has 2 aromatic rings. The zero-order chi connectivity index (χ0) is 19.1. The van der Waals surface area contributed by atoms with Gasteiger partial charge in [-0.15, -0.1) is 17.5 Å². The molecule has 3 rings (SSSR count). The van der Waals surface area contributed by atoms with Crippen LogP contribution in [0.15, 0.2) is 29.4 Å². The van der Waals surface area contributed by atoms with Crippen molar-refractivity contribution in [2.45, 2.75) is 19.0 Å². The van der Waals surface area contributed by atoms with E-state index in [0.29, 0.717) is 10.4 Å². The second-order valence-corrected chi connectivity index (χ2v) is 6.56. The number of alkyl halides is 2. The molecule has 1 atom stereocenters. The summed E-state index contributed by atoms with van der Waals surface area (Å²) < 4.78 is 45.9. The van der Waals surface area contributed by atoms with Crippen molar-refractivity contribution in [3.05, 3.63) is 40.8 Å². The van der Waals surface area contributed by atoms with Crippen LogP contribution in [0, 0.1) is 5.82 Å². The van der Waals surface area contributed by atoms with Crippen molar-refractivity contribution >= 4 is 41.3 Å². The van der Waals surface area contributed by atoms with E-state index in [9.17, 15) is 13.2 Å². The molecule has 2 N–H and O–H groups in total. The van der Waals surface area contributed by atoms with Crippen LogP contribution in [0.4, 0.5) is 24.7 Å². The van der Waals surface area contributed by atoms with Gasteiger partial charge in [-0.1, -0.05) is 11.6 Å². The number of amidine groups is 1. The van der Waals surface area contributed by atoms with Crippen LogP contribution < -0.4 is 10.6 Å². The molecule has 0 aliphatic carbocycles. The lowest BCUT2D eigenvalue weighted by Crippen LogP contribution is -2.38. The number of benzene rings is 1. The normalized spacial score (nSPS) is 19.6. The smallest absolute Gasteiger partial charge is 0.333 e. The molecule has 0 spiro atoms. The Kier molecular flexibility index (Phi) is 6.28. The van der Waals surface area contributed by atoms with Crippen LogP contribution in [0.2, 0.25) is 5.02 Å². The summed E-state index contributed by atoms with van der Waals surface area (Å²) in [6.07, 6.45) is 1.03. The summed E-state index contributed by atoms with van der Waals surface area (Å²) in [5.74, 6) is -0.0795.